The first-order chi connectivity index (χ1) is 14.8. The Hall–Kier alpha value is -2.67. The lowest BCUT2D eigenvalue weighted by Gasteiger charge is -2.34. The maximum atomic E-state index is 12.8. The summed E-state index contributed by atoms with van der Waals surface area (Å²) in [7, 11) is 0. The van der Waals surface area contributed by atoms with E-state index in [1.165, 1.54) is 32.4 Å². The molecule has 0 radical (unpaired) electrons. The third kappa shape index (κ3) is 5.48. The van der Waals surface area contributed by atoms with E-state index in [4.69, 9.17) is 4.74 Å². The molecule has 0 N–H and O–H groups in total. The van der Waals surface area contributed by atoms with Gasteiger partial charge in [0.2, 0.25) is 5.95 Å². The Bertz CT molecular complexity index is 785. The Morgan fingerprint density at radius 2 is 1.60 bits per heavy atom. The van der Waals surface area contributed by atoms with E-state index in [9.17, 15) is 4.79 Å². The van der Waals surface area contributed by atoms with Gasteiger partial charge in [-0.1, -0.05) is 6.42 Å². The van der Waals surface area contributed by atoms with Gasteiger partial charge in [-0.3, -0.25) is 4.79 Å². The highest BCUT2D eigenvalue weighted by Gasteiger charge is 2.23. The number of carbonyl (C=O) groups excluding carboxylic acids is 1. The van der Waals surface area contributed by atoms with E-state index in [2.05, 4.69) is 19.8 Å². The van der Waals surface area contributed by atoms with E-state index >= 15 is 0 Å². The second kappa shape index (κ2) is 10.4. The zero-order chi connectivity index (χ0) is 20.6. The number of nitrogens with zero attached hydrogens (tertiary/aromatic N) is 5. The quantitative estimate of drug-likeness (QED) is 0.656. The van der Waals surface area contributed by atoms with Gasteiger partial charge in [-0.25, -0.2) is 9.97 Å². The molecule has 3 heterocycles. The fourth-order valence-corrected chi connectivity index (χ4v) is 4.10. The molecule has 4 rings (SSSR count). The first-order valence-electron chi connectivity index (χ1n) is 11.1. The van der Waals surface area contributed by atoms with E-state index < -0.39 is 0 Å². The van der Waals surface area contributed by atoms with E-state index in [-0.39, 0.29) is 5.91 Å². The molecule has 0 unspecified atom stereocenters. The largest absolute Gasteiger partial charge is 0.494 e. The molecule has 0 bridgehead atoms. The van der Waals surface area contributed by atoms with Crippen molar-refractivity contribution >= 4 is 11.9 Å². The van der Waals surface area contributed by atoms with Gasteiger partial charge in [-0.15, -0.1) is 0 Å². The Labute approximate surface area is 178 Å². The van der Waals surface area contributed by atoms with Gasteiger partial charge in [0.05, 0.1) is 6.61 Å². The minimum absolute atomic E-state index is 0.0697. The van der Waals surface area contributed by atoms with Gasteiger partial charge in [0.15, 0.2) is 0 Å². The number of rotatable bonds is 7. The third-order valence-corrected chi connectivity index (χ3v) is 5.84. The van der Waals surface area contributed by atoms with Crippen LogP contribution < -0.4 is 9.64 Å². The van der Waals surface area contributed by atoms with Crippen molar-refractivity contribution in [2.24, 2.45) is 0 Å². The van der Waals surface area contributed by atoms with Crippen LogP contribution in [0.1, 0.15) is 36.0 Å². The maximum absolute atomic E-state index is 12.8. The minimum atomic E-state index is 0.0697. The standard InChI is InChI=1S/C23H31N5O2/c29-22(27-15-17-28(18-16-27)23-24-10-4-11-25-23)20-6-8-21(9-7-20)30-19-5-14-26-12-2-1-3-13-26/h4,6-11H,1-3,5,12-19H2. The summed E-state index contributed by atoms with van der Waals surface area (Å²) in [5.41, 5.74) is 0.708. The number of benzene rings is 1. The number of aromatic nitrogens is 2. The van der Waals surface area contributed by atoms with Crippen LogP contribution in [0.4, 0.5) is 5.95 Å². The summed E-state index contributed by atoms with van der Waals surface area (Å²) in [4.78, 5) is 27.9. The van der Waals surface area contributed by atoms with Crippen molar-refractivity contribution in [2.75, 3.05) is 57.3 Å². The zero-order valence-electron chi connectivity index (χ0n) is 17.6. The lowest BCUT2D eigenvalue weighted by Crippen LogP contribution is -2.49. The van der Waals surface area contributed by atoms with Gasteiger partial charge in [0.25, 0.3) is 5.91 Å². The second-order valence-electron chi connectivity index (χ2n) is 7.96. The van der Waals surface area contributed by atoms with Crippen LogP contribution in [0.15, 0.2) is 42.7 Å². The highest BCUT2D eigenvalue weighted by atomic mass is 16.5. The number of likely N-dealkylation sites (tertiary alicyclic amines) is 1. The summed E-state index contributed by atoms with van der Waals surface area (Å²) in [5, 5.41) is 0. The lowest BCUT2D eigenvalue weighted by atomic mass is 10.1. The minimum Gasteiger partial charge on any atom is -0.494 e. The van der Waals surface area contributed by atoms with Gasteiger partial charge in [-0.05, 0) is 62.7 Å². The number of anilines is 1. The Morgan fingerprint density at radius 1 is 0.900 bits per heavy atom. The Morgan fingerprint density at radius 3 is 2.30 bits per heavy atom. The molecule has 0 spiro atoms. The predicted molar refractivity (Wildman–Crippen MR) is 117 cm³/mol. The monoisotopic (exact) mass is 409 g/mol. The van der Waals surface area contributed by atoms with Crippen molar-refractivity contribution < 1.29 is 9.53 Å². The molecule has 2 aliphatic rings. The summed E-state index contributed by atoms with van der Waals surface area (Å²) >= 11 is 0. The van der Waals surface area contributed by atoms with Gasteiger partial charge in [0, 0.05) is 50.7 Å². The molecule has 7 nitrogen and oxygen atoms in total. The highest BCUT2D eigenvalue weighted by Crippen LogP contribution is 2.17. The zero-order valence-corrected chi connectivity index (χ0v) is 17.6. The summed E-state index contributed by atoms with van der Waals surface area (Å²) in [6.45, 7) is 7.11. The van der Waals surface area contributed by atoms with E-state index in [1.807, 2.05) is 35.2 Å². The molecule has 1 amide bonds. The molecule has 2 aromatic rings. The average Bonchev–Trinajstić information content (AvgIpc) is 2.83. The average molecular weight is 410 g/mol. The number of piperazine rings is 1. The third-order valence-electron chi connectivity index (χ3n) is 5.84. The molecule has 2 aliphatic heterocycles. The summed E-state index contributed by atoms with van der Waals surface area (Å²) < 4.78 is 5.87. The van der Waals surface area contributed by atoms with Crippen LogP contribution >= 0.6 is 0 Å². The number of ether oxygens (including phenoxy) is 1. The normalized spacial score (nSPS) is 17.7. The van der Waals surface area contributed by atoms with Crippen LogP contribution in [0, 0.1) is 0 Å². The molecule has 1 aromatic carbocycles. The van der Waals surface area contributed by atoms with Crippen LogP contribution in [-0.2, 0) is 0 Å². The number of amides is 1. The number of hydrogen-bond acceptors (Lipinski definition) is 6. The molecule has 0 saturated carbocycles. The van der Waals surface area contributed by atoms with Crippen molar-refractivity contribution in [3.63, 3.8) is 0 Å². The Balaban J connectivity index is 1.20. The molecule has 160 valence electrons. The van der Waals surface area contributed by atoms with Gasteiger partial charge in [-0.2, -0.15) is 0 Å². The second-order valence-corrected chi connectivity index (χ2v) is 7.96. The number of piperidine rings is 1. The summed E-state index contributed by atoms with van der Waals surface area (Å²) in [6, 6.07) is 9.36. The summed E-state index contributed by atoms with van der Waals surface area (Å²) in [6.07, 6.45) is 8.55. The van der Waals surface area contributed by atoms with Crippen LogP contribution in [-0.4, -0.2) is 78.1 Å². The molecule has 2 fully saturated rings. The van der Waals surface area contributed by atoms with Crippen molar-refractivity contribution in [3.8, 4) is 5.75 Å². The number of hydrogen-bond donors (Lipinski definition) is 0. The van der Waals surface area contributed by atoms with Crippen molar-refractivity contribution in [1.29, 1.82) is 0 Å². The van der Waals surface area contributed by atoms with Crippen molar-refractivity contribution in [2.45, 2.75) is 25.7 Å². The van der Waals surface area contributed by atoms with Crippen LogP contribution in [0.5, 0.6) is 5.75 Å². The summed E-state index contributed by atoms with van der Waals surface area (Å²) in [5.74, 6) is 1.63. The molecule has 7 heteroatoms. The van der Waals surface area contributed by atoms with Gasteiger partial charge >= 0.3 is 0 Å². The SMILES string of the molecule is O=C(c1ccc(OCCCN2CCCCC2)cc1)N1CCN(c2ncccn2)CC1. The molecule has 0 aliphatic carbocycles. The smallest absolute Gasteiger partial charge is 0.253 e. The topological polar surface area (TPSA) is 61.8 Å². The molecule has 30 heavy (non-hydrogen) atoms. The first-order valence-corrected chi connectivity index (χ1v) is 11.1. The van der Waals surface area contributed by atoms with E-state index in [0.29, 0.717) is 25.3 Å². The van der Waals surface area contributed by atoms with E-state index in [0.717, 1.165) is 37.8 Å². The molecular formula is C23H31N5O2. The van der Waals surface area contributed by atoms with Crippen molar-refractivity contribution in [1.82, 2.24) is 19.8 Å². The van der Waals surface area contributed by atoms with Crippen LogP contribution in [0.3, 0.4) is 0 Å². The molecule has 2 saturated heterocycles. The first kappa shape index (κ1) is 20.6. The Kier molecular flexibility index (Phi) is 7.13. The molecular weight excluding hydrogens is 378 g/mol. The fraction of sp³-hybridized carbons (Fsp3) is 0.522. The highest BCUT2D eigenvalue weighted by molar-refractivity contribution is 5.94. The maximum Gasteiger partial charge on any atom is 0.253 e. The van der Waals surface area contributed by atoms with Crippen LogP contribution in [0.25, 0.3) is 0 Å². The van der Waals surface area contributed by atoms with Gasteiger partial charge in [0.1, 0.15) is 5.75 Å². The number of carbonyl (C=O) groups is 1. The molecule has 0 atom stereocenters. The van der Waals surface area contributed by atoms with Crippen LogP contribution in [0.2, 0.25) is 0 Å². The predicted octanol–water partition coefficient (Wildman–Crippen LogP) is 2.69. The fourth-order valence-electron chi connectivity index (χ4n) is 4.10. The molecule has 1 aromatic heterocycles. The lowest BCUT2D eigenvalue weighted by molar-refractivity contribution is 0.0746. The van der Waals surface area contributed by atoms with Crippen molar-refractivity contribution in [3.05, 3.63) is 48.3 Å². The van der Waals surface area contributed by atoms with Gasteiger partial charge < -0.3 is 19.4 Å². The van der Waals surface area contributed by atoms with E-state index in [1.54, 1.807) is 12.4 Å².